The monoisotopic (exact) mass is 374 g/mol. The van der Waals surface area contributed by atoms with Gasteiger partial charge in [-0.05, 0) is 25.0 Å². The lowest BCUT2D eigenvalue weighted by atomic mass is 10.1. The zero-order chi connectivity index (χ0) is 19.9. The first-order valence-electron chi connectivity index (χ1n) is 8.87. The Labute approximate surface area is 157 Å². The second-order valence-electron chi connectivity index (χ2n) is 6.50. The highest BCUT2D eigenvalue weighted by Gasteiger charge is 2.32. The number of unbranched alkanes of at least 4 members (excludes halogenated alkanes) is 3. The number of carbonyl (C=O) groups excluding carboxylic acids is 1. The van der Waals surface area contributed by atoms with Gasteiger partial charge in [0.2, 0.25) is 0 Å². The number of hydrogen-bond acceptors (Lipinski definition) is 4. The predicted octanol–water partition coefficient (Wildman–Crippen LogP) is 2.44. The fourth-order valence-electron chi connectivity index (χ4n) is 2.98. The van der Waals surface area contributed by atoms with Gasteiger partial charge >= 0.3 is 11.9 Å². The molecule has 0 radical (unpaired) electrons. The molecule has 144 valence electrons. The van der Waals surface area contributed by atoms with E-state index in [1.54, 1.807) is 12.3 Å². The van der Waals surface area contributed by atoms with Crippen LogP contribution in [0.5, 0.6) is 0 Å². The minimum atomic E-state index is -1.20. The van der Waals surface area contributed by atoms with Gasteiger partial charge in [0.1, 0.15) is 6.20 Å². The van der Waals surface area contributed by atoms with Gasteiger partial charge in [0.15, 0.2) is 18.7 Å². The lowest BCUT2D eigenvalue weighted by Crippen LogP contribution is -2.45. The molecule has 0 fully saturated rings. The van der Waals surface area contributed by atoms with E-state index in [4.69, 9.17) is 0 Å². The lowest BCUT2D eigenvalue weighted by molar-refractivity contribution is -0.771. The average molecular weight is 374 g/mol. The molecule has 1 aromatic rings. The fraction of sp³-hybridized carbons (Fsp3) is 0.368. The molecule has 0 spiro atoms. The number of nitrogens with one attached hydrogen (secondary N) is 1. The van der Waals surface area contributed by atoms with Crippen LogP contribution in [0.15, 0.2) is 41.3 Å². The summed E-state index contributed by atoms with van der Waals surface area (Å²) in [6.07, 6.45) is 7.09. The van der Waals surface area contributed by atoms with Crippen LogP contribution in [-0.2, 0) is 4.79 Å². The Morgan fingerprint density at radius 1 is 1.07 bits per heavy atom. The molecule has 1 atom stereocenters. The minimum absolute atomic E-state index is 0.0206. The van der Waals surface area contributed by atoms with Gasteiger partial charge in [-0.2, -0.15) is 4.99 Å². The van der Waals surface area contributed by atoms with Crippen LogP contribution in [-0.4, -0.2) is 52.0 Å². The molecule has 1 heterocycles. The number of carboxylic acids is 2. The van der Waals surface area contributed by atoms with Gasteiger partial charge in [-0.15, -0.1) is 0 Å². The predicted molar refractivity (Wildman–Crippen MR) is 99.2 cm³/mol. The molecule has 1 amide bonds. The molecular formula is C19H24N3O5+. The summed E-state index contributed by atoms with van der Waals surface area (Å²) in [6.45, 7) is 2.50. The second-order valence-corrected chi connectivity index (χ2v) is 6.50. The summed E-state index contributed by atoms with van der Waals surface area (Å²) in [4.78, 5) is 39.1. The van der Waals surface area contributed by atoms with Crippen LogP contribution >= 0.6 is 0 Å². The highest BCUT2D eigenvalue weighted by molar-refractivity contribution is 6.05. The van der Waals surface area contributed by atoms with Crippen LogP contribution < -0.4 is 5.32 Å². The van der Waals surface area contributed by atoms with Crippen molar-refractivity contribution >= 4 is 24.2 Å². The van der Waals surface area contributed by atoms with E-state index in [2.05, 4.69) is 17.2 Å². The van der Waals surface area contributed by atoms with Crippen molar-refractivity contribution in [2.24, 2.45) is 4.99 Å². The topological polar surface area (TPSA) is 116 Å². The third-order valence-corrected chi connectivity index (χ3v) is 4.31. The Morgan fingerprint density at radius 2 is 1.78 bits per heavy atom. The van der Waals surface area contributed by atoms with E-state index in [1.807, 2.05) is 0 Å². The Morgan fingerprint density at radius 3 is 2.41 bits per heavy atom. The van der Waals surface area contributed by atoms with E-state index in [9.17, 15) is 24.6 Å². The molecule has 0 saturated carbocycles. The largest absolute Gasteiger partial charge is 0.478 e. The maximum absolute atomic E-state index is 12.4. The number of aromatic carboxylic acids is 1. The molecule has 0 aromatic heterocycles. The van der Waals surface area contributed by atoms with Crippen molar-refractivity contribution in [3.05, 3.63) is 47.4 Å². The van der Waals surface area contributed by atoms with Crippen LogP contribution in [0.1, 0.15) is 53.3 Å². The van der Waals surface area contributed by atoms with Crippen LogP contribution in [0.4, 0.5) is 0 Å². The molecule has 1 unspecified atom stereocenters. The van der Waals surface area contributed by atoms with E-state index in [1.165, 1.54) is 24.5 Å². The van der Waals surface area contributed by atoms with Crippen molar-refractivity contribution in [3.8, 4) is 0 Å². The normalized spacial score (nSPS) is 18.2. The van der Waals surface area contributed by atoms with Crippen molar-refractivity contribution in [1.29, 1.82) is 0 Å². The fourth-order valence-corrected chi connectivity index (χ4v) is 2.98. The molecule has 1 aromatic carbocycles. The molecule has 0 saturated heterocycles. The quantitative estimate of drug-likeness (QED) is 0.430. The molecule has 1 aliphatic rings. The Kier molecular flexibility index (Phi) is 6.84. The van der Waals surface area contributed by atoms with Crippen molar-refractivity contribution in [3.63, 3.8) is 0 Å². The average Bonchev–Trinajstić information content (AvgIpc) is 3.00. The van der Waals surface area contributed by atoms with Gasteiger partial charge in [0, 0.05) is 0 Å². The van der Waals surface area contributed by atoms with Gasteiger partial charge in [0.05, 0.1) is 17.7 Å². The smallest absolute Gasteiger partial charge is 0.360 e. The van der Waals surface area contributed by atoms with Crippen molar-refractivity contribution in [2.45, 2.75) is 32.6 Å². The van der Waals surface area contributed by atoms with Gasteiger partial charge < -0.3 is 15.5 Å². The molecule has 0 aliphatic carbocycles. The number of amides is 1. The number of benzene rings is 1. The lowest BCUT2D eigenvalue weighted by Gasteiger charge is -2.25. The maximum Gasteiger partial charge on any atom is 0.360 e. The molecule has 0 bridgehead atoms. The van der Waals surface area contributed by atoms with Crippen molar-refractivity contribution in [1.82, 2.24) is 5.32 Å². The molecule has 2 rings (SSSR count). The van der Waals surface area contributed by atoms with Gasteiger partial charge in [0.25, 0.3) is 5.91 Å². The molecular weight excluding hydrogens is 350 g/mol. The van der Waals surface area contributed by atoms with E-state index in [-0.39, 0.29) is 28.0 Å². The van der Waals surface area contributed by atoms with E-state index < -0.39 is 17.8 Å². The summed E-state index contributed by atoms with van der Waals surface area (Å²) in [6, 6.07) is 5.88. The van der Waals surface area contributed by atoms with Gasteiger partial charge in [-0.25, -0.2) is 14.1 Å². The summed E-state index contributed by atoms with van der Waals surface area (Å²) < 4.78 is 0.0231. The second kappa shape index (κ2) is 9.09. The van der Waals surface area contributed by atoms with Crippen LogP contribution in [0, 0.1) is 0 Å². The van der Waals surface area contributed by atoms with Crippen molar-refractivity contribution < 1.29 is 29.1 Å². The number of rotatable bonds is 10. The Bertz CT molecular complexity index is 787. The van der Waals surface area contributed by atoms with Crippen molar-refractivity contribution in [2.75, 3.05) is 13.1 Å². The van der Waals surface area contributed by atoms with Crippen LogP contribution in [0.3, 0.4) is 0 Å². The molecule has 3 N–H and O–H groups in total. The number of aliphatic carboxylic acids is 1. The van der Waals surface area contributed by atoms with Crippen LogP contribution in [0.2, 0.25) is 0 Å². The standard InChI is InChI=1S/C19H23N3O5/c1-2-3-4-7-10-22(12-17(23)24)11-16(20-13-22)21-18(25)14-8-5-6-9-15(14)19(26)27/h5-6,8-9,11,13H,2-4,7,10,12H2,1H3,(H2-,21,23,24,25,26,27)/p+1. The minimum Gasteiger partial charge on any atom is -0.478 e. The third-order valence-electron chi connectivity index (χ3n) is 4.31. The summed E-state index contributed by atoms with van der Waals surface area (Å²) in [5.41, 5.74) is -0.0873. The zero-order valence-electron chi connectivity index (χ0n) is 15.2. The Hall–Kier alpha value is -3.00. The first-order chi connectivity index (χ1) is 12.9. The number of aliphatic imine (C=N–C) groups is 1. The number of nitrogens with zero attached hydrogens (tertiary/aromatic N) is 2. The summed E-state index contributed by atoms with van der Waals surface area (Å²) in [5, 5.41) is 21.0. The zero-order valence-corrected chi connectivity index (χ0v) is 15.2. The summed E-state index contributed by atoms with van der Waals surface area (Å²) in [5.74, 6) is -2.54. The number of quaternary nitrogens is 1. The first kappa shape index (κ1) is 20.3. The van der Waals surface area contributed by atoms with Gasteiger partial charge in [-0.1, -0.05) is 31.9 Å². The molecule has 27 heavy (non-hydrogen) atoms. The maximum atomic E-state index is 12.4. The van der Waals surface area contributed by atoms with E-state index in [0.29, 0.717) is 6.54 Å². The molecule has 1 aliphatic heterocycles. The SMILES string of the molecule is CCCCCC[N+]1(CC(=O)O)C=NC(NC(=O)c2ccccc2C(=O)O)=C1. The number of hydrogen-bond donors (Lipinski definition) is 3. The third kappa shape index (κ3) is 5.49. The molecule has 8 heteroatoms. The van der Waals surface area contributed by atoms with Crippen LogP contribution in [0.25, 0.3) is 0 Å². The molecule has 8 nitrogen and oxygen atoms in total. The van der Waals surface area contributed by atoms with E-state index >= 15 is 0 Å². The van der Waals surface area contributed by atoms with Gasteiger partial charge in [-0.3, -0.25) is 4.79 Å². The highest BCUT2D eigenvalue weighted by atomic mass is 16.4. The summed E-state index contributed by atoms with van der Waals surface area (Å²) in [7, 11) is 0. The van der Waals surface area contributed by atoms with E-state index in [0.717, 1.165) is 25.7 Å². The number of carbonyl (C=O) groups is 3. The summed E-state index contributed by atoms with van der Waals surface area (Å²) >= 11 is 0. The first-order valence-corrected chi connectivity index (χ1v) is 8.87. The highest BCUT2D eigenvalue weighted by Crippen LogP contribution is 2.18. The number of carboxylic acid groups (broad SMARTS) is 2. The Balaban J connectivity index is 2.14.